The predicted molar refractivity (Wildman–Crippen MR) is 106 cm³/mol. The minimum atomic E-state index is -4.55. The number of nitrogens with one attached hydrogen (secondary N) is 1. The van der Waals surface area contributed by atoms with Gasteiger partial charge in [0.2, 0.25) is 5.91 Å². The number of halogens is 3. The molecule has 0 unspecified atom stereocenters. The second-order valence-electron chi connectivity index (χ2n) is 7.25. The molecule has 30 heavy (non-hydrogen) atoms. The third-order valence-electron chi connectivity index (χ3n) is 5.46. The van der Waals surface area contributed by atoms with Crippen molar-refractivity contribution in [3.63, 3.8) is 0 Å². The zero-order valence-corrected chi connectivity index (χ0v) is 16.8. The normalized spacial score (nSPS) is 18.8. The number of amides is 3. The third kappa shape index (κ3) is 4.00. The number of alkyl halides is 3. The summed E-state index contributed by atoms with van der Waals surface area (Å²) in [5.74, 6) is 1.08. The Morgan fingerprint density at radius 2 is 1.90 bits per heavy atom. The number of thioether (sulfide) groups is 1. The Hall–Kier alpha value is -2.62. The highest BCUT2D eigenvalue weighted by Crippen LogP contribution is 2.45. The molecule has 1 aromatic carbocycles. The van der Waals surface area contributed by atoms with Crippen molar-refractivity contribution in [1.29, 1.82) is 0 Å². The lowest BCUT2D eigenvalue weighted by molar-refractivity contribution is -0.137. The van der Waals surface area contributed by atoms with E-state index in [1.165, 1.54) is 23.1 Å². The molecule has 10 heteroatoms. The third-order valence-corrected chi connectivity index (χ3v) is 7.01. The summed E-state index contributed by atoms with van der Waals surface area (Å²) in [4.78, 5) is 27.9. The molecule has 0 aliphatic carbocycles. The van der Waals surface area contributed by atoms with Crippen LogP contribution >= 0.6 is 11.8 Å². The molecule has 0 radical (unpaired) electrons. The summed E-state index contributed by atoms with van der Waals surface area (Å²) in [6.45, 7) is 1.05. The molecule has 2 aliphatic rings. The lowest BCUT2D eigenvalue weighted by Gasteiger charge is -2.43. The molecule has 3 heterocycles. The van der Waals surface area contributed by atoms with Crippen LogP contribution in [0.15, 0.2) is 47.1 Å². The molecular formula is C20H20F3N3O3S. The number of anilines is 1. The van der Waals surface area contributed by atoms with Gasteiger partial charge < -0.3 is 19.5 Å². The predicted octanol–water partition coefficient (Wildman–Crippen LogP) is 4.40. The molecule has 0 bridgehead atoms. The van der Waals surface area contributed by atoms with Crippen molar-refractivity contribution in [1.82, 2.24) is 9.80 Å². The van der Waals surface area contributed by atoms with Crippen molar-refractivity contribution in [2.24, 2.45) is 0 Å². The zero-order chi connectivity index (χ0) is 21.4. The number of rotatable bonds is 3. The first-order valence-electron chi connectivity index (χ1n) is 9.47. The number of furan rings is 1. The lowest BCUT2D eigenvalue weighted by atomic mass is 10.0. The molecule has 2 saturated heterocycles. The number of likely N-dealkylation sites (tertiary alicyclic amines) is 1. The van der Waals surface area contributed by atoms with Gasteiger partial charge in [0.1, 0.15) is 5.76 Å². The van der Waals surface area contributed by atoms with Crippen LogP contribution in [0.2, 0.25) is 0 Å². The maximum absolute atomic E-state index is 13.2. The van der Waals surface area contributed by atoms with Gasteiger partial charge in [0, 0.05) is 13.1 Å². The summed E-state index contributed by atoms with van der Waals surface area (Å²) in [6, 6.07) is 7.91. The number of nitrogens with zero attached hydrogens (tertiary/aromatic N) is 2. The molecule has 4 rings (SSSR count). The van der Waals surface area contributed by atoms with Crippen LogP contribution in [0.25, 0.3) is 0 Å². The fraction of sp³-hybridized carbons (Fsp3) is 0.400. The lowest BCUT2D eigenvalue weighted by Crippen LogP contribution is -2.53. The number of hydrogen-bond donors (Lipinski definition) is 1. The van der Waals surface area contributed by atoms with Crippen LogP contribution in [0.5, 0.6) is 0 Å². The van der Waals surface area contributed by atoms with Gasteiger partial charge in [-0.3, -0.25) is 4.79 Å². The first kappa shape index (κ1) is 20.6. The molecule has 160 valence electrons. The van der Waals surface area contributed by atoms with Crippen LogP contribution < -0.4 is 5.32 Å². The van der Waals surface area contributed by atoms with Gasteiger partial charge in [-0.2, -0.15) is 13.2 Å². The standard InChI is InChI=1S/C20H20F3N3O3S/c21-20(22,23)15-5-1-2-6-16(15)24-18(28)25-9-7-19(8-10-25)26(17(27)13-30-19)12-14-4-3-11-29-14/h1-6,11H,7-10,12-13H2,(H,24,28). The molecule has 2 aliphatic heterocycles. The van der Waals surface area contributed by atoms with Crippen LogP contribution in [0.3, 0.4) is 0 Å². The summed E-state index contributed by atoms with van der Waals surface area (Å²) < 4.78 is 44.9. The molecular weight excluding hydrogens is 419 g/mol. The first-order chi connectivity index (χ1) is 14.3. The number of urea groups is 1. The second kappa shape index (κ2) is 7.90. The van der Waals surface area contributed by atoms with E-state index in [-0.39, 0.29) is 11.6 Å². The molecule has 3 amide bonds. The molecule has 0 saturated carbocycles. The molecule has 2 fully saturated rings. The quantitative estimate of drug-likeness (QED) is 0.770. The fourth-order valence-electron chi connectivity index (χ4n) is 3.88. The average molecular weight is 439 g/mol. The Kier molecular flexibility index (Phi) is 5.44. The summed E-state index contributed by atoms with van der Waals surface area (Å²) in [6.07, 6.45) is -1.92. The average Bonchev–Trinajstić information content (AvgIpc) is 3.33. The largest absolute Gasteiger partial charge is 0.467 e. The van der Waals surface area contributed by atoms with Crippen LogP contribution in [0, 0.1) is 0 Å². The Balaban J connectivity index is 1.42. The Bertz CT molecular complexity index is 925. The second-order valence-corrected chi connectivity index (χ2v) is 8.59. The van der Waals surface area contributed by atoms with E-state index in [1.807, 2.05) is 6.07 Å². The summed E-state index contributed by atoms with van der Waals surface area (Å²) >= 11 is 1.55. The molecule has 0 atom stereocenters. The highest BCUT2D eigenvalue weighted by Gasteiger charge is 2.48. The van der Waals surface area contributed by atoms with Crippen LogP contribution in [-0.2, 0) is 17.5 Å². The van der Waals surface area contributed by atoms with Gasteiger partial charge in [0.25, 0.3) is 0 Å². The summed E-state index contributed by atoms with van der Waals surface area (Å²) in [5, 5.41) is 2.39. The summed E-state index contributed by atoms with van der Waals surface area (Å²) in [5.41, 5.74) is -1.14. The first-order valence-corrected chi connectivity index (χ1v) is 10.5. The number of carbonyl (C=O) groups excluding carboxylic acids is 2. The molecule has 2 aromatic rings. The van der Waals surface area contributed by atoms with Crippen LogP contribution in [-0.4, -0.2) is 45.5 Å². The molecule has 1 spiro atoms. The van der Waals surface area contributed by atoms with E-state index in [9.17, 15) is 22.8 Å². The van der Waals surface area contributed by atoms with Gasteiger partial charge in [-0.1, -0.05) is 12.1 Å². The number of hydrogen-bond acceptors (Lipinski definition) is 4. The van der Waals surface area contributed by atoms with Gasteiger partial charge in [-0.05, 0) is 37.1 Å². The fourth-order valence-corrected chi connectivity index (χ4v) is 5.22. The highest BCUT2D eigenvalue weighted by molar-refractivity contribution is 8.01. The van der Waals surface area contributed by atoms with Gasteiger partial charge in [0.15, 0.2) is 0 Å². The van der Waals surface area contributed by atoms with E-state index in [0.29, 0.717) is 44.0 Å². The van der Waals surface area contributed by atoms with Crippen molar-refractivity contribution in [2.45, 2.75) is 30.4 Å². The Morgan fingerprint density at radius 1 is 1.17 bits per heavy atom. The van der Waals surface area contributed by atoms with E-state index < -0.39 is 22.6 Å². The van der Waals surface area contributed by atoms with E-state index in [4.69, 9.17) is 4.42 Å². The van der Waals surface area contributed by atoms with Crippen molar-refractivity contribution >= 4 is 29.4 Å². The number of benzene rings is 1. The van der Waals surface area contributed by atoms with E-state index >= 15 is 0 Å². The maximum atomic E-state index is 13.2. The number of para-hydroxylation sites is 1. The minimum Gasteiger partial charge on any atom is -0.467 e. The SMILES string of the molecule is O=C(Nc1ccccc1C(F)(F)F)N1CCC2(CC1)SCC(=O)N2Cc1ccco1. The zero-order valence-electron chi connectivity index (χ0n) is 15.9. The van der Waals surface area contributed by atoms with E-state index in [1.54, 1.807) is 29.0 Å². The minimum absolute atomic E-state index is 0.0217. The molecule has 1 aromatic heterocycles. The maximum Gasteiger partial charge on any atom is 0.418 e. The van der Waals surface area contributed by atoms with Gasteiger partial charge in [0.05, 0.1) is 34.7 Å². The monoisotopic (exact) mass is 439 g/mol. The van der Waals surface area contributed by atoms with Gasteiger partial charge >= 0.3 is 12.2 Å². The topological polar surface area (TPSA) is 65.8 Å². The van der Waals surface area contributed by atoms with Crippen molar-refractivity contribution in [3.05, 3.63) is 54.0 Å². The molecule has 1 N–H and O–H groups in total. The smallest absolute Gasteiger partial charge is 0.418 e. The van der Waals surface area contributed by atoms with Gasteiger partial charge in [-0.25, -0.2) is 4.79 Å². The Morgan fingerprint density at radius 3 is 2.57 bits per heavy atom. The summed E-state index contributed by atoms with van der Waals surface area (Å²) in [7, 11) is 0. The number of carbonyl (C=O) groups is 2. The van der Waals surface area contributed by atoms with Crippen LogP contribution in [0.1, 0.15) is 24.2 Å². The molecule has 6 nitrogen and oxygen atoms in total. The van der Waals surface area contributed by atoms with Gasteiger partial charge in [-0.15, -0.1) is 11.8 Å². The van der Waals surface area contributed by atoms with E-state index in [2.05, 4.69) is 5.32 Å². The highest BCUT2D eigenvalue weighted by atomic mass is 32.2. The van der Waals surface area contributed by atoms with Crippen LogP contribution in [0.4, 0.5) is 23.7 Å². The van der Waals surface area contributed by atoms with Crippen molar-refractivity contribution in [3.8, 4) is 0 Å². The number of piperidine rings is 1. The van der Waals surface area contributed by atoms with Crippen molar-refractivity contribution in [2.75, 3.05) is 24.2 Å². The Labute approximate surface area is 175 Å². The van der Waals surface area contributed by atoms with Crippen molar-refractivity contribution < 1.29 is 27.2 Å². The van der Waals surface area contributed by atoms with E-state index in [0.717, 1.165) is 6.07 Å².